The van der Waals surface area contributed by atoms with Crippen molar-refractivity contribution in [2.24, 2.45) is 0 Å². The molecule has 0 radical (unpaired) electrons. The zero-order valence-electron chi connectivity index (χ0n) is 11.2. The largest absolute Gasteiger partial charge is 0.394 e. The number of pyridine rings is 1. The van der Waals surface area contributed by atoms with Crippen LogP contribution < -0.4 is 0 Å². The number of aliphatic hydroxyl groups excluding tert-OH is 2. The Morgan fingerprint density at radius 3 is 3.00 bits per heavy atom. The summed E-state index contributed by atoms with van der Waals surface area (Å²) in [4.78, 5) is 18.2. The Morgan fingerprint density at radius 2 is 2.25 bits per heavy atom. The molecule has 2 N–H and O–H groups in total. The van der Waals surface area contributed by atoms with Gasteiger partial charge in [0.2, 0.25) is 0 Å². The molecule has 1 atom stereocenters. The van der Waals surface area contributed by atoms with Gasteiger partial charge in [-0.1, -0.05) is 11.8 Å². The van der Waals surface area contributed by atoms with E-state index in [4.69, 9.17) is 5.11 Å². The number of amides is 1. The van der Waals surface area contributed by atoms with E-state index in [1.54, 1.807) is 17.2 Å². The molecule has 20 heavy (non-hydrogen) atoms. The van der Waals surface area contributed by atoms with Crippen LogP contribution in [0.15, 0.2) is 18.5 Å². The lowest BCUT2D eigenvalue weighted by Gasteiger charge is -2.34. The third-order valence-electron chi connectivity index (χ3n) is 3.40. The van der Waals surface area contributed by atoms with Crippen LogP contribution in [-0.2, 0) is 0 Å². The summed E-state index contributed by atoms with van der Waals surface area (Å²) in [6.07, 6.45) is 5.89. The number of carbonyl (C=O) groups excluding carboxylic acids is 1. The summed E-state index contributed by atoms with van der Waals surface area (Å²) in [6.45, 7) is 0.427. The van der Waals surface area contributed by atoms with Gasteiger partial charge in [-0.15, -0.1) is 0 Å². The van der Waals surface area contributed by atoms with E-state index in [0.29, 0.717) is 17.7 Å². The Hall–Kier alpha value is -1.90. The van der Waals surface area contributed by atoms with Crippen LogP contribution in [0.25, 0.3) is 0 Å². The summed E-state index contributed by atoms with van der Waals surface area (Å²) >= 11 is 0. The van der Waals surface area contributed by atoms with Crippen LogP contribution in [0.5, 0.6) is 0 Å². The summed E-state index contributed by atoms with van der Waals surface area (Å²) in [7, 11) is 0. The van der Waals surface area contributed by atoms with Gasteiger partial charge in [-0.3, -0.25) is 9.78 Å². The Balaban J connectivity index is 2.19. The number of hydrogen-bond acceptors (Lipinski definition) is 4. The monoisotopic (exact) mass is 274 g/mol. The number of likely N-dealkylation sites (tertiary alicyclic amines) is 1. The molecule has 2 heterocycles. The Kier molecular flexibility index (Phi) is 5.10. The zero-order chi connectivity index (χ0) is 14.4. The van der Waals surface area contributed by atoms with Crippen LogP contribution >= 0.6 is 0 Å². The molecule has 1 aromatic heterocycles. The van der Waals surface area contributed by atoms with E-state index < -0.39 is 0 Å². The molecule has 5 nitrogen and oxygen atoms in total. The Bertz CT molecular complexity index is 533. The van der Waals surface area contributed by atoms with Gasteiger partial charge in [0, 0.05) is 24.5 Å². The number of rotatable bonds is 2. The number of hydrogen-bond donors (Lipinski definition) is 2. The molecule has 0 spiro atoms. The molecule has 1 amide bonds. The first-order valence-corrected chi connectivity index (χ1v) is 6.73. The fraction of sp³-hybridized carbons (Fsp3) is 0.467. The fourth-order valence-corrected chi connectivity index (χ4v) is 2.39. The maximum atomic E-state index is 12.5. The molecule has 106 valence electrons. The van der Waals surface area contributed by atoms with E-state index in [9.17, 15) is 9.90 Å². The van der Waals surface area contributed by atoms with E-state index in [0.717, 1.165) is 19.3 Å². The molecule has 1 fully saturated rings. The molecule has 1 aliphatic rings. The molecule has 5 heteroatoms. The van der Waals surface area contributed by atoms with E-state index in [1.807, 2.05) is 0 Å². The Morgan fingerprint density at radius 1 is 1.40 bits per heavy atom. The van der Waals surface area contributed by atoms with Gasteiger partial charge in [-0.25, -0.2) is 0 Å². The van der Waals surface area contributed by atoms with Crippen molar-refractivity contribution in [2.75, 3.05) is 19.8 Å². The number of aromatic nitrogens is 1. The average molecular weight is 274 g/mol. The van der Waals surface area contributed by atoms with Gasteiger partial charge < -0.3 is 15.1 Å². The van der Waals surface area contributed by atoms with Gasteiger partial charge >= 0.3 is 0 Å². The normalized spacial score (nSPS) is 18.3. The SMILES string of the molecule is O=C(c1cncc(C#CCO)c1)N1CCCCC1CO. The summed E-state index contributed by atoms with van der Waals surface area (Å²) in [6, 6.07) is 1.56. The highest BCUT2D eigenvalue weighted by atomic mass is 16.3. The van der Waals surface area contributed by atoms with Crippen LogP contribution in [0.4, 0.5) is 0 Å². The number of aliphatic hydroxyl groups is 2. The highest BCUT2D eigenvalue weighted by Gasteiger charge is 2.27. The summed E-state index contributed by atoms with van der Waals surface area (Å²) in [5, 5.41) is 18.0. The highest BCUT2D eigenvalue weighted by Crippen LogP contribution is 2.19. The van der Waals surface area contributed by atoms with E-state index in [2.05, 4.69) is 16.8 Å². The second kappa shape index (κ2) is 7.04. The maximum Gasteiger partial charge on any atom is 0.255 e. The lowest BCUT2D eigenvalue weighted by Crippen LogP contribution is -2.45. The molecule has 0 saturated carbocycles. The van der Waals surface area contributed by atoms with Crippen molar-refractivity contribution < 1.29 is 15.0 Å². The maximum absolute atomic E-state index is 12.5. The van der Waals surface area contributed by atoms with E-state index >= 15 is 0 Å². The second-order valence-corrected chi connectivity index (χ2v) is 4.75. The number of nitrogens with zero attached hydrogens (tertiary/aromatic N) is 2. The molecule has 1 saturated heterocycles. The topological polar surface area (TPSA) is 73.7 Å². The van der Waals surface area contributed by atoms with Crippen molar-refractivity contribution in [3.63, 3.8) is 0 Å². The zero-order valence-corrected chi connectivity index (χ0v) is 11.2. The average Bonchev–Trinajstić information content (AvgIpc) is 2.52. The first-order valence-electron chi connectivity index (χ1n) is 6.73. The summed E-state index contributed by atoms with van der Waals surface area (Å²) in [5.74, 6) is 5.14. The van der Waals surface area contributed by atoms with Crippen molar-refractivity contribution in [1.29, 1.82) is 0 Å². The minimum atomic E-state index is -0.225. The Labute approximate surface area is 118 Å². The van der Waals surface area contributed by atoms with Crippen LogP contribution in [0.1, 0.15) is 35.2 Å². The third-order valence-corrected chi connectivity index (χ3v) is 3.40. The van der Waals surface area contributed by atoms with Crippen LogP contribution in [0, 0.1) is 11.8 Å². The van der Waals surface area contributed by atoms with Crippen LogP contribution in [-0.4, -0.2) is 51.8 Å². The lowest BCUT2D eigenvalue weighted by atomic mass is 10.0. The molecular weight excluding hydrogens is 256 g/mol. The smallest absolute Gasteiger partial charge is 0.255 e. The molecule has 2 rings (SSSR count). The molecule has 1 unspecified atom stereocenters. The lowest BCUT2D eigenvalue weighted by molar-refractivity contribution is 0.0502. The number of piperidine rings is 1. The van der Waals surface area contributed by atoms with Gasteiger partial charge in [-0.2, -0.15) is 0 Å². The molecular formula is C15H18N2O3. The predicted molar refractivity (Wildman–Crippen MR) is 74.0 cm³/mol. The molecule has 0 bridgehead atoms. The second-order valence-electron chi connectivity index (χ2n) is 4.75. The molecule has 1 aromatic rings. The molecule has 1 aliphatic heterocycles. The molecule has 0 aliphatic carbocycles. The standard InChI is InChI=1S/C15H18N2O3/c18-7-3-4-12-8-13(10-16-9-12)15(20)17-6-2-1-5-14(17)11-19/h8-10,14,18-19H,1-2,5-7,11H2. The van der Waals surface area contributed by atoms with Crippen molar-refractivity contribution >= 4 is 5.91 Å². The van der Waals surface area contributed by atoms with Crippen LogP contribution in [0.2, 0.25) is 0 Å². The first-order chi connectivity index (χ1) is 9.76. The minimum Gasteiger partial charge on any atom is -0.394 e. The van der Waals surface area contributed by atoms with Gasteiger partial charge in [0.1, 0.15) is 6.61 Å². The van der Waals surface area contributed by atoms with Crippen molar-refractivity contribution in [1.82, 2.24) is 9.88 Å². The number of carbonyl (C=O) groups is 1. The van der Waals surface area contributed by atoms with E-state index in [-0.39, 0.29) is 25.2 Å². The first kappa shape index (κ1) is 14.5. The molecule has 0 aromatic carbocycles. The van der Waals surface area contributed by atoms with Crippen LogP contribution in [0.3, 0.4) is 0 Å². The van der Waals surface area contributed by atoms with Gasteiger partial charge in [0.05, 0.1) is 18.2 Å². The van der Waals surface area contributed by atoms with Crippen molar-refractivity contribution in [2.45, 2.75) is 25.3 Å². The van der Waals surface area contributed by atoms with Gasteiger partial charge in [-0.05, 0) is 25.3 Å². The summed E-state index contributed by atoms with van der Waals surface area (Å²) in [5.41, 5.74) is 1.07. The highest BCUT2D eigenvalue weighted by molar-refractivity contribution is 5.94. The summed E-state index contributed by atoms with van der Waals surface area (Å²) < 4.78 is 0. The predicted octanol–water partition coefficient (Wildman–Crippen LogP) is 0.412. The van der Waals surface area contributed by atoms with Crippen molar-refractivity contribution in [3.05, 3.63) is 29.6 Å². The van der Waals surface area contributed by atoms with Crippen molar-refractivity contribution in [3.8, 4) is 11.8 Å². The third kappa shape index (κ3) is 3.35. The minimum absolute atomic E-state index is 0.0107. The quantitative estimate of drug-likeness (QED) is 0.766. The van der Waals surface area contributed by atoms with E-state index in [1.165, 1.54) is 6.20 Å². The van der Waals surface area contributed by atoms with Gasteiger partial charge in [0.15, 0.2) is 0 Å². The van der Waals surface area contributed by atoms with Gasteiger partial charge in [0.25, 0.3) is 5.91 Å². The fourth-order valence-electron chi connectivity index (χ4n) is 2.39.